The number of anilines is 1. The van der Waals surface area contributed by atoms with Gasteiger partial charge in [0.1, 0.15) is 5.82 Å². The standard InChI is InChI=1S/C21H14FN3O2/c22-17-10-12-18(13-11-17)23-20(26)15-6-8-16(9-7-15)21-24-19(25-27-21)14-4-2-1-3-5-14/h1-13H,(H,23,26). The fourth-order valence-corrected chi connectivity index (χ4v) is 2.55. The zero-order valence-corrected chi connectivity index (χ0v) is 14.1. The van der Waals surface area contributed by atoms with Gasteiger partial charge in [0.2, 0.25) is 5.82 Å². The predicted octanol–water partition coefficient (Wildman–Crippen LogP) is 4.80. The number of amides is 1. The van der Waals surface area contributed by atoms with E-state index in [9.17, 15) is 9.18 Å². The van der Waals surface area contributed by atoms with Crippen LogP contribution >= 0.6 is 0 Å². The van der Waals surface area contributed by atoms with Crippen LogP contribution in [0, 0.1) is 5.82 Å². The molecule has 6 heteroatoms. The van der Waals surface area contributed by atoms with Crippen LogP contribution in [0.15, 0.2) is 83.4 Å². The maximum atomic E-state index is 12.9. The van der Waals surface area contributed by atoms with Crippen LogP contribution in [0.1, 0.15) is 10.4 Å². The molecule has 3 aromatic carbocycles. The van der Waals surface area contributed by atoms with Crippen LogP contribution in [0.25, 0.3) is 22.8 Å². The van der Waals surface area contributed by atoms with Gasteiger partial charge in [0, 0.05) is 22.4 Å². The minimum Gasteiger partial charge on any atom is -0.334 e. The number of halogens is 1. The Kier molecular flexibility index (Phi) is 4.45. The number of carbonyl (C=O) groups excluding carboxylic acids is 1. The molecule has 0 saturated heterocycles. The van der Waals surface area contributed by atoms with Crippen LogP contribution < -0.4 is 5.32 Å². The molecule has 0 aliphatic rings. The van der Waals surface area contributed by atoms with Gasteiger partial charge in [-0.1, -0.05) is 35.5 Å². The van der Waals surface area contributed by atoms with Crippen molar-refractivity contribution in [3.05, 3.63) is 90.2 Å². The highest BCUT2D eigenvalue weighted by Gasteiger charge is 2.12. The van der Waals surface area contributed by atoms with E-state index in [4.69, 9.17) is 4.52 Å². The minimum absolute atomic E-state index is 0.288. The van der Waals surface area contributed by atoms with Gasteiger partial charge in [-0.2, -0.15) is 4.98 Å². The molecule has 27 heavy (non-hydrogen) atoms. The van der Waals surface area contributed by atoms with Gasteiger partial charge in [0.15, 0.2) is 0 Å². The van der Waals surface area contributed by atoms with Crippen molar-refractivity contribution in [1.29, 1.82) is 0 Å². The van der Waals surface area contributed by atoms with E-state index >= 15 is 0 Å². The lowest BCUT2D eigenvalue weighted by molar-refractivity contribution is 0.102. The third-order valence-electron chi connectivity index (χ3n) is 3.95. The average Bonchev–Trinajstić information content (AvgIpc) is 3.21. The van der Waals surface area contributed by atoms with E-state index in [0.29, 0.717) is 28.5 Å². The molecular weight excluding hydrogens is 345 g/mol. The number of hydrogen-bond donors (Lipinski definition) is 1. The molecule has 1 N–H and O–H groups in total. The maximum absolute atomic E-state index is 12.9. The van der Waals surface area contributed by atoms with Gasteiger partial charge < -0.3 is 9.84 Å². The Morgan fingerprint density at radius 3 is 2.26 bits per heavy atom. The minimum atomic E-state index is -0.355. The third kappa shape index (κ3) is 3.74. The summed E-state index contributed by atoms with van der Waals surface area (Å²) in [5, 5.41) is 6.70. The molecule has 5 nitrogen and oxygen atoms in total. The molecule has 0 unspecified atom stereocenters. The van der Waals surface area contributed by atoms with Gasteiger partial charge >= 0.3 is 0 Å². The van der Waals surface area contributed by atoms with Crippen LogP contribution in [0.4, 0.5) is 10.1 Å². The van der Waals surface area contributed by atoms with Crippen LogP contribution in [-0.4, -0.2) is 16.0 Å². The van der Waals surface area contributed by atoms with Crippen molar-refractivity contribution in [2.45, 2.75) is 0 Å². The SMILES string of the molecule is O=C(Nc1ccc(F)cc1)c1ccc(-c2nc(-c3ccccc3)no2)cc1. The summed E-state index contributed by atoms with van der Waals surface area (Å²) in [4.78, 5) is 16.7. The predicted molar refractivity (Wildman–Crippen MR) is 99.5 cm³/mol. The topological polar surface area (TPSA) is 68.0 Å². The van der Waals surface area contributed by atoms with Gasteiger partial charge in [-0.15, -0.1) is 0 Å². The van der Waals surface area contributed by atoms with Crippen LogP contribution in [0.3, 0.4) is 0 Å². The molecule has 4 aromatic rings. The average molecular weight is 359 g/mol. The second-order valence-corrected chi connectivity index (χ2v) is 5.83. The lowest BCUT2D eigenvalue weighted by Gasteiger charge is -2.05. The number of nitrogens with one attached hydrogen (secondary N) is 1. The van der Waals surface area contributed by atoms with Gasteiger partial charge in [0.05, 0.1) is 0 Å². The molecule has 1 amide bonds. The first kappa shape index (κ1) is 16.7. The number of carbonyl (C=O) groups is 1. The highest BCUT2D eigenvalue weighted by Crippen LogP contribution is 2.22. The molecule has 132 valence electrons. The van der Waals surface area contributed by atoms with Gasteiger partial charge in [-0.3, -0.25) is 4.79 Å². The largest absolute Gasteiger partial charge is 0.334 e. The third-order valence-corrected chi connectivity index (χ3v) is 3.95. The number of aromatic nitrogens is 2. The van der Waals surface area contributed by atoms with Gasteiger partial charge in [0.25, 0.3) is 11.8 Å². The number of nitrogens with zero attached hydrogens (tertiary/aromatic N) is 2. The molecule has 0 radical (unpaired) electrons. The van der Waals surface area contributed by atoms with E-state index in [-0.39, 0.29) is 11.7 Å². The van der Waals surface area contributed by atoms with Crippen molar-refractivity contribution in [2.24, 2.45) is 0 Å². The molecule has 0 fully saturated rings. The zero-order valence-electron chi connectivity index (χ0n) is 14.1. The van der Waals surface area contributed by atoms with Crippen molar-refractivity contribution >= 4 is 11.6 Å². The van der Waals surface area contributed by atoms with E-state index in [1.54, 1.807) is 24.3 Å². The van der Waals surface area contributed by atoms with Crippen molar-refractivity contribution in [2.75, 3.05) is 5.32 Å². The lowest BCUT2D eigenvalue weighted by atomic mass is 10.1. The first-order chi connectivity index (χ1) is 13.2. The van der Waals surface area contributed by atoms with E-state index in [1.165, 1.54) is 24.3 Å². The Balaban J connectivity index is 1.50. The molecule has 0 saturated carbocycles. The smallest absolute Gasteiger partial charge is 0.258 e. The molecule has 0 bridgehead atoms. The normalized spacial score (nSPS) is 10.6. The van der Waals surface area contributed by atoms with Crippen molar-refractivity contribution < 1.29 is 13.7 Å². The lowest BCUT2D eigenvalue weighted by Crippen LogP contribution is -2.11. The Morgan fingerprint density at radius 2 is 1.56 bits per heavy atom. The summed E-state index contributed by atoms with van der Waals surface area (Å²) in [7, 11) is 0. The quantitative estimate of drug-likeness (QED) is 0.568. The molecule has 4 rings (SSSR count). The highest BCUT2D eigenvalue weighted by molar-refractivity contribution is 6.04. The van der Waals surface area contributed by atoms with Crippen LogP contribution in [0.2, 0.25) is 0 Å². The number of rotatable bonds is 4. The molecular formula is C21H14FN3O2. The van der Waals surface area contributed by atoms with Crippen molar-refractivity contribution in [3.63, 3.8) is 0 Å². The van der Waals surface area contributed by atoms with Gasteiger partial charge in [-0.25, -0.2) is 4.39 Å². The van der Waals surface area contributed by atoms with E-state index in [2.05, 4.69) is 15.5 Å². The summed E-state index contributed by atoms with van der Waals surface area (Å²) >= 11 is 0. The fraction of sp³-hybridized carbons (Fsp3) is 0. The summed E-state index contributed by atoms with van der Waals surface area (Å²) in [6.45, 7) is 0. The van der Waals surface area contributed by atoms with E-state index in [1.807, 2.05) is 30.3 Å². The van der Waals surface area contributed by atoms with Crippen LogP contribution in [0.5, 0.6) is 0 Å². The van der Waals surface area contributed by atoms with E-state index in [0.717, 1.165) is 5.56 Å². The summed E-state index contributed by atoms with van der Waals surface area (Å²) in [6.07, 6.45) is 0. The molecule has 1 heterocycles. The first-order valence-corrected chi connectivity index (χ1v) is 8.25. The monoisotopic (exact) mass is 359 g/mol. The molecule has 0 atom stereocenters. The van der Waals surface area contributed by atoms with Gasteiger partial charge in [-0.05, 0) is 48.5 Å². The highest BCUT2D eigenvalue weighted by atomic mass is 19.1. The second-order valence-electron chi connectivity index (χ2n) is 5.83. The molecule has 0 aliphatic carbocycles. The number of benzene rings is 3. The fourth-order valence-electron chi connectivity index (χ4n) is 2.55. The second kappa shape index (κ2) is 7.21. The molecule has 0 spiro atoms. The zero-order chi connectivity index (χ0) is 18.6. The Labute approximate surface area is 154 Å². The summed E-state index contributed by atoms with van der Waals surface area (Å²) in [5.74, 6) is 0.235. The van der Waals surface area contributed by atoms with Crippen molar-refractivity contribution in [1.82, 2.24) is 10.1 Å². The van der Waals surface area contributed by atoms with Crippen molar-refractivity contribution in [3.8, 4) is 22.8 Å². The Bertz CT molecular complexity index is 1060. The maximum Gasteiger partial charge on any atom is 0.258 e. The summed E-state index contributed by atoms with van der Waals surface area (Å²) in [5.41, 5.74) is 2.56. The molecule has 0 aliphatic heterocycles. The van der Waals surface area contributed by atoms with Crippen LogP contribution in [-0.2, 0) is 0 Å². The summed E-state index contributed by atoms with van der Waals surface area (Å²) in [6, 6.07) is 21.9. The van der Waals surface area contributed by atoms with E-state index < -0.39 is 0 Å². The first-order valence-electron chi connectivity index (χ1n) is 8.25. The summed E-state index contributed by atoms with van der Waals surface area (Å²) < 4.78 is 18.2. The Hall–Kier alpha value is -3.80. The molecule has 1 aromatic heterocycles. The Morgan fingerprint density at radius 1 is 0.852 bits per heavy atom. The number of hydrogen-bond acceptors (Lipinski definition) is 4.